The Hall–Kier alpha value is -1.69. The van der Waals surface area contributed by atoms with Crippen molar-refractivity contribution in [1.82, 2.24) is 0 Å². The third-order valence-corrected chi connectivity index (χ3v) is 4.91. The van der Waals surface area contributed by atoms with Crippen molar-refractivity contribution in [1.29, 1.82) is 0 Å². The Morgan fingerprint density at radius 1 is 1.05 bits per heavy atom. The van der Waals surface area contributed by atoms with Crippen LogP contribution in [0.2, 0.25) is 0 Å². The second-order valence-electron chi connectivity index (χ2n) is 4.87. The normalized spacial score (nSPS) is 11.3. The Morgan fingerprint density at radius 3 is 2.19 bits per heavy atom. The maximum atomic E-state index is 12.0. The molecule has 1 aromatic carbocycles. The third-order valence-electron chi connectivity index (χ3n) is 3.10. The number of ketones is 1. The van der Waals surface area contributed by atoms with Crippen LogP contribution in [0.4, 0.5) is 0 Å². The van der Waals surface area contributed by atoms with E-state index in [1.807, 2.05) is 6.92 Å². The van der Waals surface area contributed by atoms with Crippen LogP contribution >= 0.6 is 0 Å². The summed E-state index contributed by atoms with van der Waals surface area (Å²) in [6.45, 7) is 2.00. The van der Waals surface area contributed by atoms with Gasteiger partial charge in [0.2, 0.25) is 0 Å². The number of carbonyl (C=O) groups is 2. The summed E-state index contributed by atoms with van der Waals surface area (Å²) >= 11 is 0. The Labute approximate surface area is 124 Å². The number of rotatable bonds is 9. The molecule has 1 N–H and O–H groups in total. The van der Waals surface area contributed by atoms with Crippen LogP contribution in [0.1, 0.15) is 49.4 Å². The van der Waals surface area contributed by atoms with Gasteiger partial charge in [0.1, 0.15) is 0 Å². The van der Waals surface area contributed by atoms with Crippen molar-refractivity contribution in [2.45, 2.75) is 43.9 Å². The van der Waals surface area contributed by atoms with E-state index in [9.17, 15) is 18.0 Å². The second kappa shape index (κ2) is 7.93. The molecule has 0 heterocycles. The molecule has 0 amide bonds. The molecule has 0 fully saturated rings. The molecule has 0 spiro atoms. The highest BCUT2D eigenvalue weighted by Gasteiger charge is 2.15. The first-order valence-electron chi connectivity index (χ1n) is 6.94. The highest BCUT2D eigenvalue weighted by molar-refractivity contribution is 7.91. The van der Waals surface area contributed by atoms with E-state index in [0.717, 1.165) is 12.8 Å². The zero-order chi connectivity index (χ0) is 15.9. The van der Waals surface area contributed by atoms with Gasteiger partial charge in [-0.1, -0.05) is 25.5 Å². The van der Waals surface area contributed by atoms with Gasteiger partial charge in [-0.05, 0) is 25.0 Å². The highest BCUT2D eigenvalue weighted by atomic mass is 32.2. The van der Waals surface area contributed by atoms with E-state index in [1.54, 1.807) is 0 Å². The molecule has 0 saturated heterocycles. The molecule has 5 nitrogen and oxygen atoms in total. The van der Waals surface area contributed by atoms with Gasteiger partial charge in [-0.3, -0.25) is 9.59 Å². The van der Waals surface area contributed by atoms with Crippen LogP contribution in [0.3, 0.4) is 0 Å². The van der Waals surface area contributed by atoms with E-state index in [1.165, 1.54) is 24.3 Å². The summed E-state index contributed by atoms with van der Waals surface area (Å²) in [7, 11) is -3.49. The van der Waals surface area contributed by atoms with Crippen LogP contribution in [0.5, 0.6) is 0 Å². The van der Waals surface area contributed by atoms with Crippen molar-refractivity contribution in [2.75, 3.05) is 5.75 Å². The number of carbonyl (C=O) groups excluding carboxylic acids is 1. The molecule has 116 valence electrons. The number of hydrogen-bond donors (Lipinski definition) is 1. The van der Waals surface area contributed by atoms with Crippen molar-refractivity contribution in [3.05, 3.63) is 29.8 Å². The van der Waals surface area contributed by atoms with Crippen molar-refractivity contribution in [3.8, 4) is 0 Å². The summed E-state index contributed by atoms with van der Waals surface area (Å²) < 4.78 is 24.0. The minimum absolute atomic E-state index is 0.00618. The smallest absolute Gasteiger partial charge is 0.303 e. The maximum Gasteiger partial charge on any atom is 0.303 e. The molecule has 0 aliphatic rings. The summed E-state index contributed by atoms with van der Waals surface area (Å²) in [4.78, 5) is 22.3. The number of benzene rings is 1. The fourth-order valence-corrected chi connectivity index (χ4v) is 3.17. The molecule has 0 unspecified atom stereocenters. The van der Waals surface area contributed by atoms with Crippen LogP contribution < -0.4 is 0 Å². The molecule has 6 heteroatoms. The number of sulfone groups is 1. The molecule has 0 bridgehead atoms. The quantitative estimate of drug-likeness (QED) is 0.708. The predicted molar refractivity (Wildman–Crippen MR) is 79.2 cm³/mol. The molecular weight excluding hydrogens is 292 g/mol. The minimum Gasteiger partial charge on any atom is -0.481 e. The first-order valence-corrected chi connectivity index (χ1v) is 8.60. The Balaban J connectivity index is 2.72. The fourth-order valence-electron chi connectivity index (χ4n) is 1.86. The topological polar surface area (TPSA) is 88.5 Å². The van der Waals surface area contributed by atoms with E-state index in [0.29, 0.717) is 12.0 Å². The van der Waals surface area contributed by atoms with Crippen molar-refractivity contribution >= 4 is 21.6 Å². The number of carboxylic acids is 1. The van der Waals surface area contributed by atoms with Gasteiger partial charge in [-0.2, -0.15) is 0 Å². The predicted octanol–water partition coefficient (Wildman–Crippen LogP) is 2.70. The maximum absolute atomic E-state index is 12.0. The number of hydrogen-bond acceptors (Lipinski definition) is 4. The minimum atomic E-state index is -3.49. The Morgan fingerprint density at radius 2 is 1.67 bits per heavy atom. The summed E-state index contributed by atoms with van der Waals surface area (Å²) in [6, 6.07) is 5.86. The van der Waals surface area contributed by atoms with Gasteiger partial charge in [0, 0.05) is 18.4 Å². The summed E-state index contributed by atoms with van der Waals surface area (Å²) in [5, 5.41) is 8.52. The molecule has 0 saturated carbocycles. The summed E-state index contributed by atoms with van der Waals surface area (Å²) in [6.07, 6.45) is 2.11. The van der Waals surface area contributed by atoms with Crippen LogP contribution in [0, 0.1) is 0 Å². The zero-order valence-electron chi connectivity index (χ0n) is 12.0. The average molecular weight is 312 g/mol. The zero-order valence-corrected chi connectivity index (χ0v) is 12.9. The molecule has 1 aromatic rings. The highest BCUT2D eigenvalue weighted by Crippen LogP contribution is 2.15. The molecule has 1 rings (SSSR count). The lowest BCUT2D eigenvalue weighted by Gasteiger charge is -2.05. The first-order chi connectivity index (χ1) is 9.86. The van der Waals surface area contributed by atoms with E-state index in [4.69, 9.17) is 5.11 Å². The lowest BCUT2D eigenvalue weighted by Crippen LogP contribution is -2.09. The SMILES string of the molecule is CCCCC(=O)c1ccc(S(=O)(=O)CCCC(=O)O)cc1. The van der Waals surface area contributed by atoms with E-state index >= 15 is 0 Å². The lowest BCUT2D eigenvalue weighted by atomic mass is 10.1. The number of aliphatic carboxylic acids is 1. The first kappa shape index (κ1) is 17.4. The number of unbranched alkanes of at least 4 members (excludes halogenated alkanes) is 1. The number of carboxylic acid groups (broad SMARTS) is 1. The Kier molecular flexibility index (Phi) is 6.55. The molecule has 0 atom stereocenters. The fraction of sp³-hybridized carbons (Fsp3) is 0.467. The monoisotopic (exact) mass is 312 g/mol. The van der Waals surface area contributed by atoms with E-state index in [2.05, 4.69) is 0 Å². The molecular formula is C15H20O5S. The van der Waals surface area contributed by atoms with Crippen LogP contribution in [0.25, 0.3) is 0 Å². The Bertz CT molecular complexity index is 587. The molecule has 0 aliphatic heterocycles. The molecule has 21 heavy (non-hydrogen) atoms. The van der Waals surface area contributed by atoms with Crippen LogP contribution in [-0.2, 0) is 14.6 Å². The van der Waals surface area contributed by atoms with E-state index < -0.39 is 15.8 Å². The third kappa shape index (κ3) is 5.67. The van der Waals surface area contributed by atoms with Gasteiger partial charge in [0.15, 0.2) is 15.6 Å². The molecule has 0 aromatic heterocycles. The van der Waals surface area contributed by atoms with Gasteiger partial charge in [0.25, 0.3) is 0 Å². The summed E-state index contributed by atoms with van der Waals surface area (Å²) in [5.41, 5.74) is 0.507. The lowest BCUT2D eigenvalue weighted by molar-refractivity contribution is -0.137. The van der Waals surface area contributed by atoms with Crippen molar-refractivity contribution < 1.29 is 23.1 Å². The van der Waals surface area contributed by atoms with Gasteiger partial charge in [-0.25, -0.2) is 8.42 Å². The van der Waals surface area contributed by atoms with Crippen LogP contribution in [0.15, 0.2) is 29.2 Å². The molecule has 0 aliphatic carbocycles. The second-order valence-corrected chi connectivity index (χ2v) is 6.98. The average Bonchev–Trinajstić information content (AvgIpc) is 2.44. The number of Topliss-reactive ketones (excluding diaryl/α,β-unsaturated/α-hetero) is 1. The standard InChI is InChI=1S/C15H20O5S/c1-2-3-5-14(16)12-7-9-13(10-8-12)21(19,20)11-4-6-15(17)18/h7-10H,2-6,11H2,1H3,(H,17,18). The van der Waals surface area contributed by atoms with E-state index in [-0.39, 0.29) is 29.3 Å². The van der Waals surface area contributed by atoms with Gasteiger partial charge in [-0.15, -0.1) is 0 Å². The largest absolute Gasteiger partial charge is 0.481 e. The van der Waals surface area contributed by atoms with Crippen molar-refractivity contribution in [2.24, 2.45) is 0 Å². The van der Waals surface area contributed by atoms with Gasteiger partial charge >= 0.3 is 5.97 Å². The van der Waals surface area contributed by atoms with Gasteiger partial charge in [0.05, 0.1) is 10.6 Å². The summed E-state index contributed by atoms with van der Waals surface area (Å²) in [5.74, 6) is -1.21. The van der Waals surface area contributed by atoms with Crippen LogP contribution in [-0.4, -0.2) is 31.0 Å². The van der Waals surface area contributed by atoms with Gasteiger partial charge < -0.3 is 5.11 Å². The van der Waals surface area contributed by atoms with Crippen molar-refractivity contribution in [3.63, 3.8) is 0 Å². The molecule has 0 radical (unpaired) electrons.